The number of hydrogen-bond acceptors (Lipinski definition) is 4. The first-order chi connectivity index (χ1) is 12.4. The van der Waals surface area contributed by atoms with Gasteiger partial charge in [0, 0.05) is 31.0 Å². The van der Waals surface area contributed by atoms with Gasteiger partial charge in [-0.15, -0.1) is 0 Å². The summed E-state index contributed by atoms with van der Waals surface area (Å²) in [4.78, 5) is 25.9. The van der Waals surface area contributed by atoms with E-state index in [1.807, 2.05) is 0 Å². The first kappa shape index (κ1) is 18.1. The molecule has 26 heavy (non-hydrogen) atoms. The van der Waals surface area contributed by atoms with Gasteiger partial charge in [-0.3, -0.25) is 4.79 Å². The van der Waals surface area contributed by atoms with Crippen molar-refractivity contribution in [3.8, 4) is 11.5 Å². The highest BCUT2D eigenvalue weighted by Gasteiger charge is 2.45. The van der Waals surface area contributed by atoms with Crippen LogP contribution in [0.4, 0.5) is 0 Å². The molecule has 0 radical (unpaired) electrons. The maximum atomic E-state index is 12.6. The highest BCUT2D eigenvalue weighted by molar-refractivity contribution is 6.30. The zero-order valence-electron chi connectivity index (χ0n) is 13.9. The topological polar surface area (TPSA) is 87.1 Å². The first-order valence-corrected chi connectivity index (χ1v) is 8.54. The third-order valence-electron chi connectivity index (χ3n) is 4.51. The second-order valence-corrected chi connectivity index (χ2v) is 6.60. The lowest BCUT2D eigenvalue weighted by Gasteiger charge is -2.38. The lowest BCUT2D eigenvalue weighted by molar-refractivity contribution is -0.159. The predicted molar refractivity (Wildman–Crippen MR) is 95.7 cm³/mol. The number of para-hydroxylation sites is 1. The number of aromatic hydroxyl groups is 1. The number of piperidine rings is 1. The molecule has 6 nitrogen and oxygen atoms in total. The van der Waals surface area contributed by atoms with Crippen molar-refractivity contribution in [1.29, 1.82) is 0 Å². The maximum Gasteiger partial charge on any atom is 0.348 e. The van der Waals surface area contributed by atoms with Crippen LogP contribution in [0, 0.1) is 0 Å². The normalized spacial score (nSPS) is 16.1. The molecule has 0 aliphatic carbocycles. The molecule has 3 rings (SSSR count). The molecule has 2 N–H and O–H groups in total. The summed E-state index contributed by atoms with van der Waals surface area (Å²) < 4.78 is 5.77. The van der Waals surface area contributed by atoms with Crippen molar-refractivity contribution in [3.05, 3.63) is 59.1 Å². The van der Waals surface area contributed by atoms with Crippen LogP contribution in [0.1, 0.15) is 23.2 Å². The third kappa shape index (κ3) is 3.60. The van der Waals surface area contributed by atoms with E-state index in [0.717, 1.165) is 0 Å². The number of phenols is 1. The fraction of sp³-hybridized carbons (Fsp3) is 0.263. The van der Waals surface area contributed by atoms with Crippen LogP contribution in [-0.2, 0) is 4.79 Å². The summed E-state index contributed by atoms with van der Waals surface area (Å²) in [5.74, 6) is -1.07. The van der Waals surface area contributed by atoms with Crippen LogP contribution in [0.5, 0.6) is 11.5 Å². The number of carbonyl (C=O) groups is 2. The Bertz CT molecular complexity index is 813. The SMILES string of the molecule is O=C(c1ccccc1O)N1CCC(Oc2ccc(Cl)cc2)(C(=O)O)CC1. The molecule has 0 atom stereocenters. The van der Waals surface area contributed by atoms with Crippen LogP contribution in [0.2, 0.25) is 5.02 Å². The van der Waals surface area contributed by atoms with E-state index in [2.05, 4.69) is 0 Å². The van der Waals surface area contributed by atoms with Gasteiger partial charge in [0.05, 0.1) is 5.56 Å². The molecule has 1 heterocycles. The quantitative estimate of drug-likeness (QED) is 0.857. The van der Waals surface area contributed by atoms with Gasteiger partial charge in [0.2, 0.25) is 5.60 Å². The number of carbonyl (C=O) groups excluding carboxylic acids is 1. The molecule has 1 fully saturated rings. The van der Waals surface area contributed by atoms with E-state index in [-0.39, 0.29) is 43.2 Å². The highest BCUT2D eigenvalue weighted by atomic mass is 35.5. The van der Waals surface area contributed by atoms with Gasteiger partial charge < -0.3 is 19.8 Å². The van der Waals surface area contributed by atoms with Gasteiger partial charge in [0.15, 0.2) is 0 Å². The van der Waals surface area contributed by atoms with Crippen LogP contribution < -0.4 is 4.74 Å². The van der Waals surface area contributed by atoms with Crippen molar-refractivity contribution in [2.24, 2.45) is 0 Å². The Labute approximate surface area is 155 Å². The van der Waals surface area contributed by atoms with E-state index in [0.29, 0.717) is 10.8 Å². The maximum absolute atomic E-state index is 12.6. The summed E-state index contributed by atoms with van der Waals surface area (Å²) in [6.07, 6.45) is 0.286. The Morgan fingerprint density at radius 2 is 1.65 bits per heavy atom. The van der Waals surface area contributed by atoms with Crippen LogP contribution in [-0.4, -0.2) is 45.7 Å². The number of aliphatic carboxylic acids is 1. The Hall–Kier alpha value is -2.73. The lowest BCUT2D eigenvalue weighted by atomic mass is 9.90. The van der Waals surface area contributed by atoms with E-state index >= 15 is 0 Å². The van der Waals surface area contributed by atoms with Crippen LogP contribution in [0.15, 0.2) is 48.5 Å². The minimum Gasteiger partial charge on any atom is -0.507 e. The molecule has 0 saturated carbocycles. The zero-order chi connectivity index (χ0) is 18.7. The van der Waals surface area contributed by atoms with Crippen molar-refractivity contribution in [3.63, 3.8) is 0 Å². The number of benzene rings is 2. The lowest BCUT2D eigenvalue weighted by Crippen LogP contribution is -2.54. The van der Waals surface area contributed by atoms with Crippen molar-refractivity contribution >= 4 is 23.5 Å². The van der Waals surface area contributed by atoms with Crippen molar-refractivity contribution < 1.29 is 24.5 Å². The fourth-order valence-electron chi connectivity index (χ4n) is 2.98. The molecule has 136 valence electrons. The second-order valence-electron chi connectivity index (χ2n) is 6.16. The number of carboxylic acids is 1. The van der Waals surface area contributed by atoms with Gasteiger partial charge in [-0.2, -0.15) is 0 Å². The first-order valence-electron chi connectivity index (χ1n) is 8.16. The van der Waals surface area contributed by atoms with Gasteiger partial charge in [-0.25, -0.2) is 4.79 Å². The number of amides is 1. The Kier molecular flexibility index (Phi) is 5.04. The van der Waals surface area contributed by atoms with E-state index in [9.17, 15) is 19.8 Å². The molecule has 0 aromatic heterocycles. The number of halogens is 1. The molecule has 0 bridgehead atoms. The molecular weight excluding hydrogens is 358 g/mol. The molecule has 2 aromatic rings. The Morgan fingerprint density at radius 3 is 2.23 bits per heavy atom. The monoisotopic (exact) mass is 375 g/mol. The van der Waals surface area contributed by atoms with Crippen LogP contribution in [0.25, 0.3) is 0 Å². The van der Waals surface area contributed by atoms with E-state index in [1.165, 1.54) is 11.0 Å². The average Bonchev–Trinajstić information content (AvgIpc) is 2.64. The number of likely N-dealkylation sites (tertiary alicyclic amines) is 1. The number of carboxylic acid groups (broad SMARTS) is 1. The summed E-state index contributed by atoms with van der Waals surface area (Å²) >= 11 is 5.84. The second kappa shape index (κ2) is 7.25. The number of hydrogen-bond donors (Lipinski definition) is 2. The van der Waals surface area contributed by atoms with Crippen LogP contribution in [0.3, 0.4) is 0 Å². The summed E-state index contributed by atoms with van der Waals surface area (Å²) in [6, 6.07) is 12.8. The smallest absolute Gasteiger partial charge is 0.348 e. The van der Waals surface area contributed by atoms with Gasteiger partial charge in [0.1, 0.15) is 11.5 Å². The van der Waals surface area contributed by atoms with Gasteiger partial charge in [-0.05, 0) is 36.4 Å². The largest absolute Gasteiger partial charge is 0.507 e. The summed E-state index contributed by atoms with van der Waals surface area (Å²) in [7, 11) is 0. The fourth-order valence-corrected chi connectivity index (χ4v) is 3.11. The molecule has 1 amide bonds. The number of phenolic OH excluding ortho intramolecular Hbond substituents is 1. The molecule has 0 unspecified atom stereocenters. The van der Waals surface area contributed by atoms with Gasteiger partial charge >= 0.3 is 5.97 Å². The molecule has 0 spiro atoms. The minimum atomic E-state index is -1.40. The van der Waals surface area contributed by atoms with Crippen molar-refractivity contribution in [2.75, 3.05) is 13.1 Å². The van der Waals surface area contributed by atoms with E-state index in [1.54, 1.807) is 42.5 Å². The Balaban J connectivity index is 1.73. The highest BCUT2D eigenvalue weighted by Crippen LogP contribution is 2.31. The van der Waals surface area contributed by atoms with Gasteiger partial charge in [0.25, 0.3) is 5.91 Å². The Morgan fingerprint density at radius 1 is 1.04 bits per heavy atom. The summed E-state index contributed by atoms with van der Waals surface area (Å²) in [5, 5.41) is 20.1. The molecular formula is C19H18ClNO5. The number of rotatable bonds is 4. The van der Waals surface area contributed by atoms with Crippen molar-refractivity contribution in [1.82, 2.24) is 4.90 Å². The summed E-state index contributed by atoms with van der Waals surface area (Å²) in [5.41, 5.74) is -1.20. The number of ether oxygens (including phenoxy) is 1. The molecule has 7 heteroatoms. The molecule has 1 aliphatic heterocycles. The van der Waals surface area contributed by atoms with Gasteiger partial charge in [-0.1, -0.05) is 23.7 Å². The van der Waals surface area contributed by atoms with Crippen molar-refractivity contribution in [2.45, 2.75) is 18.4 Å². The predicted octanol–water partition coefficient (Wildman–Crippen LogP) is 3.18. The van der Waals surface area contributed by atoms with Crippen LogP contribution >= 0.6 is 11.6 Å². The number of nitrogens with zero attached hydrogens (tertiary/aromatic N) is 1. The molecule has 1 saturated heterocycles. The standard InChI is InChI=1S/C19H18ClNO5/c20-13-5-7-14(8-6-13)26-19(18(24)25)9-11-21(12-10-19)17(23)15-3-1-2-4-16(15)22/h1-8,22H,9-12H2,(H,24,25). The average molecular weight is 376 g/mol. The minimum absolute atomic E-state index is 0.0926. The van der Waals surface area contributed by atoms with E-state index in [4.69, 9.17) is 16.3 Å². The summed E-state index contributed by atoms with van der Waals surface area (Å²) in [6.45, 7) is 0.431. The third-order valence-corrected chi connectivity index (χ3v) is 4.76. The molecule has 2 aromatic carbocycles. The molecule has 1 aliphatic rings. The zero-order valence-corrected chi connectivity index (χ0v) is 14.6. The van der Waals surface area contributed by atoms with E-state index < -0.39 is 11.6 Å².